The molecule has 0 unspecified atom stereocenters. The normalized spacial score (nSPS) is 28.8. The summed E-state index contributed by atoms with van der Waals surface area (Å²) >= 11 is 0. The Morgan fingerprint density at radius 3 is 2.83 bits per heavy atom. The summed E-state index contributed by atoms with van der Waals surface area (Å²) in [7, 11) is 1.75. The van der Waals surface area contributed by atoms with E-state index in [0.717, 1.165) is 5.69 Å². The molecule has 1 aromatic heterocycles. The lowest BCUT2D eigenvalue weighted by molar-refractivity contribution is -0.139. The maximum atomic E-state index is 13.3. The number of hydrogen-bond donors (Lipinski definition) is 0. The number of aromatic nitrogens is 1. The summed E-state index contributed by atoms with van der Waals surface area (Å²) in [5.74, 6) is -1.72. The number of halogens is 1. The van der Waals surface area contributed by atoms with Crippen LogP contribution in [0.4, 0.5) is 10.1 Å². The molecule has 2 saturated heterocycles. The Hall–Kier alpha value is -3.06. The van der Waals surface area contributed by atoms with Crippen LogP contribution >= 0.6 is 0 Å². The lowest BCUT2D eigenvalue weighted by Crippen LogP contribution is -2.45. The molecule has 30 heavy (non-hydrogen) atoms. The molecule has 3 aliphatic rings. The molecule has 2 aromatic rings. The van der Waals surface area contributed by atoms with Gasteiger partial charge < -0.3 is 14.5 Å². The van der Waals surface area contributed by atoms with Gasteiger partial charge in [0.05, 0.1) is 24.5 Å². The molecular weight excluding hydrogens is 385 g/mol. The molecule has 7 heteroatoms. The third-order valence-electron chi connectivity index (χ3n) is 6.33. The van der Waals surface area contributed by atoms with Gasteiger partial charge in [-0.3, -0.25) is 14.6 Å². The molecule has 2 bridgehead atoms. The van der Waals surface area contributed by atoms with Crippen LogP contribution in [0, 0.1) is 17.7 Å². The van der Waals surface area contributed by atoms with Gasteiger partial charge in [-0.05, 0) is 36.4 Å². The summed E-state index contributed by atoms with van der Waals surface area (Å²) in [6.45, 7) is 0.842. The third kappa shape index (κ3) is 2.92. The van der Waals surface area contributed by atoms with Crippen molar-refractivity contribution in [3.8, 4) is 0 Å². The van der Waals surface area contributed by atoms with Crippen LogP contribution in [0.5, 0.6) is 0 Å². The summed E-state index contributed by atoms with van der Waals surface area (Å²) in [6.07, 6.45) is 5.80. The quantitative estimate of drug-likeness (QED) is 0.713. The van der Waals surface area contributed by atoms with Gasteiger partial charge in [-0.25, -0.2) is 4.39 Å². The number of carbonyl (C=O) groups excluding carboxylic acids is 2. The topological polar surface area (TPSA) is 62.7 Å². The summed E-state index contributed by atoms with van der Waals surface area (Å²) in [5.41, 5.74) is 0.732. The van der Waals surface area contributed by atoms with Crippen molar-refractivity contribution in [1.29, 1.82) is 0 Å². The van der Waals surface area contributed by atoms with Gasteiger partial charge in [-0.2, -0.15) is 0 Å². The number of nitrogens with zero attached hydrogens (tertiary/aromatic N) is 3. The zero-order valence-corrected chi connectivity index (χ0v) is 16.6. The van der Waals surface area contributed by atoms with Crippen molar-refractivity contribution < 1.29 is 18.7 Å². The molecule has 154 valence electrons. The molecule has 0 N–H and O–H groups in total. The molecule has 5 rings (SSSR count). The number of carbonyl (C=O) groups is 2. The van der Waals surface area contributed by atoms with E-state index in [-0.39, 0.29) is 23.7 Å². The zero-order chi connectivity index (χ0) is 20.9. The minimum atomic E-state index is -0.793. The largest absolute Gasteiger partial charge is 0.360 e. The number of hydrogen-bond acceptors (Lipinski definition) is 4. The van der Waals surface area contributed by atoms with Crippen LogP contribution in [0.1, 0.15) is 5.69 Å². The maximum absolute atomic E-state index is 13.3. The van der Waals surface area contributed by atoms with E-state index in [2.05, 4.69) is 4.98 Å². The number of benzene rings is 1. The van der Waals surface area contributed by atoms with Crippen molar-refractivity contribution in [2.24, 2.45) is 11.8 Å². The molecule has 2 amide bonds. The summed E-state index contributed by atoms with van der Waals surface area (Å²) in [6, 6.07) is 11.5. The highest BCUT2D eigenvalue weighted by molar-refractivity contribution is 6.03. The average Bonchev–Trinajstić information content (AvgIpc) is 3.41. The van der Waals surface area contributed by atoms with E-state index >= 15 is 0 Å². The summed E-state index contributed by atoms with van der Waals surface area (Å²) < 4.78 is 19.5. The molecule has 6 nitrogen and oxygen atoms in total. The molecule has 1 aromatic carbocycles. The Kier molecular flexibility index (Phi) is 4.43. The van der Waals surface area contributed by atoms with E-state index in [0.29, 0.717) is 25.2 Å². The summed E-state index contributed by atoms with van der Waals surface area (Å²) in [5, 5.41) is 0. The predicted molar refractivity (Wildman–Crippen MR) is 108 cm³/mol. The average molecular weight is 407 g/mol. The molecule has 0 aliphatic carbocycles. The van der Waals surface area contributed by atoms with Gasteiger partial charge >= 0.3 is 0 Å². The van der Waals surface area contributed by atoms with E-state index < -0.39 is 17.4 Å². The lowest BCUT2D eigenvalue weighted by Gasteiger charge is -2.27. The number of likely N-dealkylation sites (N-methyl/N-ethyl adjacent to an activating group) is 1. The summed E-state index contributed by atoms with van der Waals surface area (Å²) in [4.78, 5) is 34.2. The van der Waals surface area contributed by atoms with Crippen molar-refractivity contribution >= 4 is 17.5 Å². The van der Waals surface area contributed by atoms with Crippen molar-refractivity contribution in [3.05, 3.63) is 72.3 Å². The number of ether oxygens (including phenoxy) is 1. The highest BCUT2D eigenvalue weighted by Gasteiger charge is 2.67. The van der Waals surface area contributed by atoms with E-state index in [1.54, 1.807) is 35.2 Å². The van der Waals surface area contributed by atoms with Crippen molar-refractivity contribution in [2.75, 3.05) is 25.0 Å². The Labute approximate surface area is 174 Å². The SMILES string of the molecule is CN(CCc1ccccn1)C(=O)[C@H]1[C@@H]2C=C[C@@]3(CN(c4ccc(F)cc4)C(=O)[C@H]13)O2. The van der Waals surface area contributed by atoms with Gasteiger partial charge in [0.2, 0.25) is 11.8 Å². The van der Waals surface area contributed by atoms with Gasteiger partial charge in [0, 0.05) is 37.6 Å². The molecule has 2 fully saturated rings. The minimum absolute atomic E-state index is 0.0959. The number of rotatable bonds is 5. The molecule has 3 aliphatic heterocycles. The highest BCUT2D eigenvalue weighted by Crippen LogP contribution is 2.53. The van der Waals surface area contributed by atoms with Crippen LogP contribution in [0.3, 0.4) is 0 Å². The Morgan fingerprint density at radius 1 is 1.30 bits per heavy atom. The minimum Gasteiger partial charge on any atom is -0.360 e. The number of amides is 2. The Bertz CT molecular complexity index is 1010. The van der Waals surface area contributed by atoms with E-state index in [9.17, 15) is 14.0 Å². The van der Waals surface area contributed by atoms with Crippen LogP contribution in [0.25, 0.3) is 0 Å². The highest BCUT2D eigenvalue weighted by atomic mass is 19.1. The van der Waals surface area contributed by atoms with E-state index in [1.165, 1.54) is 12.1 Å². The molecular formula is C23H22FN3O3. The van der Waals surface area contributed by atoms with Crippen LogP contribution in [0.2, 0.25) is 0 Å². The third-order valence-corrected chi connectivity index (χ3v) is 6.33. The first-order valence-electron chi connectivity index (χ1n) is 10.1. The molecule has 1 spiro atoms. The second-order valence-electron chi connectivity index (χ2n) is 8.13. The smallest absolute Gasteiger partial charge is 0.234 e. The second-order valence-corrected chi connectivity index (χ2v) is 8.13. The van der Waals surface area contributed by atoms with Crippen molar-refractivity contribution in [3.63, 3.8) is 0 Å². The maximum Gasteiger partial charge on any atom is 0.234 e. The monoisotopic (exact) mass is 407 g/mol. The molecule has 0 saturated carbocycles. The number of fused-ring (bicyclic) bond motifs is 1. The zero-order valence-electron chi connectivity index (χ0n) is 16.6. The van der Waals surface area contributed by atoms with Crippen LogP contribution in [-0.2, 0) is 20.7 Å². The fourth-order valence-corrected chi connectivity index (χ4v) is 4.81. The first kappa shape index (κ1) is 18.9. The van der Waals surface area contributed by atoms with Gasteiger partial charge in [0.1, 0.15) is 11.4 Å². The number of anilines is 1. The lowest BCUT2D eigenvalue weighted by atomic mass is 9.76. The van der Waals surface area contributed by atoms with Crippen LogP contribution in [0.15, 0.2) is 60.8 Å². The fourth-order valence-electron chi connectivity index (χ4n) is 4.81. The van der Waals surface area contributed by atoms with Crippen molar-refractivity contribution in [2.45, 2.75) is 18.1 Å². The molecule has 4 heterocycles. The number of pyridine rings is 1. The van der Waals surface area contributed by atoms with Gasteiger partial charge in [0.25, 0.3) is 0 Å². The predicted octanol–water partition coefficient (Wildman–Crippen LogP) is 2.21. The second kappa shape index (κ2) is 7.02. The Morgan fingerprint density at radius 2 is 2.10 bits per heavy atom. The molecule has 0 radical (unpaired) electrons. The van der Waals surface area contributed by atoms with E-state index in [1.807, 2.05) is 30.4 Å². The molecule has 4 atom stereocenters. The van der Waals surface area contributed by atoms with Gasteiger partial charge in [0.15, 0.2) is 0 Å². The van der Waals surface area contributed by atoms with E-state index in [4.69, 9.17) is 4.74 Å². The Balaban J connectivity index is 1.35. The standard InChI is InChI=1S/C23H22FN3O3/c1-26(13-10-16-4-2-3-12-25-16)21(28)19-18-9-11-23(30-18)14-27(22(29)20(19)23)17-7-5-15(24)6-8-17/h2-9,11-12,18-20H,10,13-14H2,1H3/t18-,19-,20-,23-/m0/s1. The van der Waals surface area contributed by atoms with Crippen molar-refractivity contribution in [1.82, 2.24) is 9.88 Å². The fraction of sp³-hybridized carbons (Fsp3) is 0.348. The van der Waals surface area contributed by atoms with Gasteiger partial charge in [-0.15, -0.1) is 0 Å². The first-order valence-corrected chi connectivity index (χ1v) is 10.1. The van der Waals surface area contributed by atoms with Gasteiger partial charge in [-0.1, -0.05) is 18.2 Å². The first-order chi connectivity index (χ1) is 14.5. The van der Waals surface area contributed by atoms with Crippen LogP contribution < -0.4 is 4.90 Å². The van der Waals surface area contributed by atoms with Crippen LogP contribution in [-0.4, -0.2) is 53.5 Å².